The van der Waals surface area contributed by atoms with E-state index in [1.165, 1.54) is 0 Å². The van der Waals surface area contributed by atoms with Gasteiger partial charge in [0.1, 0.15) is 5.01 Å². The molecule has 11 heavy (non-hydrogen) atoms. The molecule has 0 aliphatic carbocycles. The number of thiazole rings is 1. The van der Waals surface area contributed by atoms with Gasteiger partial charge in [-0.05, 0) is 22.6 Å². The molecule has 0 aromatic carbocycles. The van der Waals surface area contributed by atoms with Crippen molar-refractivity contribution in [1.29, 1.82) is 0 Å². The van der Waals surface area contributed by atoms with Crippen molar-refractivity contribution in [2.24, 2.45) is 0 Å². The summed E-state index contributed by atoms with van der Waals surface area (Å²) in [6.45, 7) is 1.36. The Balaban J connectivity index is 2.15. The van der Waals surface area contributed by atoms with E-state index in [0.717, 1.165) is 7.89 Å². The Kier molecular flexibility index (Phi) is 2.40. The molecule has 1 fully saturated rings. The van der Waals surface area contributed by atoms with Gasteiger partial charge < -0.3 is 9.47 Å². The zero-order chi connectivity index (χ0) is 7.68. The van der Waals surface area contributed by atoms with E-state index in [4.69, 9.17) is 9.47 Å². The number of hydrogen-bond acceptors (Lipinski definition) is 4. The molecule has 3 nitrogen and oxygen atoms in total. The Morgan fingerprint density at radius 2 is 2.27 bits per heavy atom. The first-order valence-electron chi connectivity index (χ1n) is 3.21. The first-order chi connectivity index (χ1) is 5.36. The lowest BCUT2D eigenvalue weighted by molar-refractivity contribution is -0.0442. The molecule has 5 heteroatoms. The predicted octanol–water partition coefficient (Wildman–Crippen LogP) is 1.79. The molecule has 2 rings (SSSR count). The van der Waals surface area contributed by atoms with Gasteiger partial charge in [-0.1, -0.05) is 0 Å². The third-order valence-corrected chi connectivity index (χ3v) is 3.07. The molecule has 1 saturated heterocycles. The van der Waals surface area contributed by atoms with Gasteiger partial charge in [0, 0.05) is 0 Å². The van der Waals surface area contributed by atoms with Crippen LogP contribution in [-0.4, -0.2) is 18.2 Å². The number of aromatic nitrogens is 1. The molecule has 0 bridgehead atoms. The Morgan fingerprint density at radius 3 is 2.82 bits per heavy atom. The van der Waals surface area contributed by atoms with E-state index in [9.17, 15) is 0 Å². The van der Waals surface area contributed by atoms with Gasteiger partial charge in [0.2, 0.25) is 6.29 Å². The van der Waals surface area contributed by atoms with Crippen LogP contribution in [0.25, 0.3) is 0 Å². The topological polar surface area (TPSA) is 31.4 Å². The summed E-state index contributed by atoms with van der Waals surface area (Å²) < 4.78 is 11.7. The molecule has 0 spiro atoms. The van der Waals surface area contributed by atoms with Crippen molar-refractivity contribution in [3.63, 3.8) is 0 Å². The van der Waals surface area contributed by atoms with Gasteiger partial charge >= 0.3 is 0 Å². The van der Waals surface area contributed by atoms with Crippen molar-refractivity contribution in [3.05, 3.63) is 14.1 Å². The number of rotatable bonds is 1. The van der Waals surface area contributed by atoms with Crippen LogP contribution in [-0.2, 0) is 9.47 Å². The van der Waals surface area contributed by atoms with E-state index < -0.39 is 0 Å². The summed E-state index contributed by atoms with van der Waals surface area (Å²) in [7, 11) is 0. The third kappa shape index (κ3) is 1.71. The number of ether oxygens (including phenoxy) is 2. The average molecular weight is 283 g/mol. The quantitative estimate of drug-likeness (QED) is 0.736. The molecule has 60 valence electrons. The van der Waals surface area contributed by atoms with Crippen molar-refractivity contribution in [1.82, 2.24) is 4.98 Å². The summed E-state index contributed by atoms with van der Waals surface area (Å²) in [6.07, 6.45) is 1.62. The molecular weight excluding hydrogens is 277 g/mol. The molecule has 1 aliphatic rings. The van der Waals surface area contributed by atoms with Crippen LogP contribution >= 0.6 is 33.9 Å². The Hall–Kier alpha value is 0.280. The van der Waals surface area contributed by atoms with Crippen molar-refractivity contribution in [2.45, 2.75) is 6.29 Å². The maximum absolute atomic E-state index is 5.27. The first kappa shape index (κ1) is 7.90. The molecule has 2 heterocycles. The standard InChI is InChI=1S/C6H6INO2S/c7-4-3-8-5(11-4)6-9-1-2-10-6/h3,6H,1-2H2. The summed E-state index contributed by atoms with van der Waals surface area (Å²) in [5.41, 5.74) is 0. The lowest BCUT2D eigenvalue weighted by Crippen LogP contribution is -1.95. The van der Waals surface area contributed by atoms with Crippen LogP contribution in [0.5, 0.6) is 0 Å². The van der Waals surface area contributed by atoms with Gasteiger partial charge in [0.15, 0.2) is 0 Å². The normalized spacial score (nSPS) is 19.4. The van der Waals surface area contributed by atoms with Crippen molar-refractivity contribution in [3.8, 4) is 0 Å². The van der Waals surface area contributed by atoms with Crippen LogP contribution in [0.1, 0.15) is 11.3 Å². The van der Waals surface area contributed by atoms with Gasteiger partial charge in [-0.15, -0.1) is 11.3 Å². The van der Waals surface area contributed by atoms with E-state index in [2.05, 4.69) is 27.6 Å². The minimum Gasteiger partial charge on any atom is -0.344 e. The van der Waals surface area contributed by atoms with E-state index >= 15 is 0 Å². The van der Waals surface area contributed by atoms with Crippen LogP contribution in [0.3, 0.4) is 0 Å². The fourth-order valence-electron chi connectivity index (χ4n) is 0.877. The summed E-state index contributed by atoms with van der Waals surface area (Å²) in [5, 5.41) is 0.923. The first-order valence-corrected chi connectivity index (χ1v) is 5.10. The highest BCUT2D eigenvalue weighted by atomic mass is 127. The molecular formula is C6H6INO2S. The second-order valence-corrected chi connectivity index (χ2v) is 5.03. The molecule has 1 aliphatic heterocycles. The number of nitrogens with zero attached hydrogens (tertiary/aromatic N) is 1. The molecule has 0 unspecified atom stereocenters. The monoisotopic (exact) mass is 283 g/mol. The van der Waals surface area contributed by atoms with Crippen LogP contribution in [0, 0.1) is 2.88 Å². The molecule has 0 saturated carbocycles. The zero-order valence-corrected chi connectivity index (χ0v) is 8.59. The minimum atomic E-state index is -0.205. The van der Waals surface area contributed by atoms with Gasteiger partial charge in [-0.2, -0.15) is 0 Å². The summed E-state index contributed by atoms with van der Waals surface area (Å²) in [5.74, 6) is 0. The summed E-state index contributed by atoms with van der Waals surface area (Å²) in [6, 6.07) is 0. The second-order valence-electron chi connectivity index (χ2n) is 2.08. The SMILES string of the molecule is Ic1cnc(C2OCCO2)s1. The highest BCUT2D eigenvalue weighted by molar-refractivity contribution is 14.1. The highest BCUT2D eigenvalue weighted by Gasteiger charge is 2.20. The largest absolute Gasteiger partial charge is 0.344 e. The van der Waals surface area contributed by atoms with Crippen LogP contribution < -0.4 is 0 Å². The molecule has 0 N–H and O–H groups in total. The van der Waals surface area contributed by atoms with Gasteiger partial charge in [-0.25, -0.2) is 4.98 Å². The van der Waals surface area contributed by atoms with Crippen LogP contribution in [0.2, 0.25) is 0 Å². The Morgan fingerprint density at radius 1 is 1.55 bits per heavy atom. The van der Waals surface area contributed by atoms with Crippen molar-refractivity contribution in [2.75, 3.05) is 13.2 Å². The molecule has 0 radical (unpaired) electrons. The molecule has 1 aromatic rings. The van der Waals surface area contributed by atoms with E-state index in [0.29, 0.717) is 13.2 Å². The zero-order valence-electron chi connectivity index (χ0n) is 5.62. The lowest BCUT2D eigenvalue weighted by Gasteiger charge is -2.02. The number of halogens is 1. The van der Waals surface area contributed by atoms with E-state index in [-0.39, 0.29) is 6.29 Å². The minimum absolute atomic E-state index is 0.205. The second kappa shape index (κ2) is 3.34. The van der Waals surface area contributed by atoms with Gasteiger partial charge in [0.25, 0.3) is 0 Å². The van der Waals surface area contributed by atoms with Crippen molar-refractivity contribution < 1.29 is 9.47 Å². The molecule has 0 atom stereocenters. The van der Waals surface area contributed by atoms with Crippen molar-refractivity contribution >= 4 is 33.9 Å². The predicted molar refractivity (Wildman–Crippen MR) is 49.5 cm³/mol. The van der Waals surface area contributed by atoms with E-state index in [1.54, 1.807) is 11.3 Å². The lowest BCUT2D eigenvalue weighted by atomic mass is 10.7. The maximum atomic E-state index is 5.27. The van der Waals surface area contributed by atoms with Gasteiger partial charge in [0.05, 0.1) is 22.3 Å². The summed E-state index contributed by atoms with van der Waals surface area (Å²) >= 11 is 3.84. The van der Waals surface area contributed by atoms with E-state index in [1.807, 2.05) is 6.20 Å². The Labute approximate surface area is 81.9 Å². The van der Waals surface area contributed by atoms with Gasteiger partial charge in [-0.3, -0.25) is 0 Å². The third-order valence-electron chi connectivity index (χ3n) is 1.32. The number of hydrogen-bond donors (Lipinski definition) is 0. The van der Waals surface area contributed by atoms with Crippen LogP contribution in [0.15, 0.2) is 6.20 Å². The molecule has 1 aromatic heterocycles. The maximum Gasteiger partial charge on any atom is 0.211 e. The van der Waals surface area contributed by atoms with Crippen LogP contribution in [0.4, 0.5) is 0 Å². The fourth-order valence-corrected chi connectivity index (χ4v) is 2.34. The summed E-state index contributed by atoms with van der Waals surface area (Å²) in [4.78, 5) is 4.16. The fraction of sp³-hybridized carbons (Fsp3) is 0.500. The Bertz CT molecular complexity index is 246. The smallest absolute Gasteiger partial charge is 0.211 e. The highest BCUT2D eigenvalue weighted by Crippen LogP contribution is 2.27. The molecule has 0 amide bonds. The average Bonchev–Trinajstić information content (AvgIpc) is 2.55.